The Kier molecular flexibility index (Phi) is 5.69. The SMILES string of the molecule is C=CCN(CC(=O)O)C(=O)CNC1CCCC1. The van der Waals surface area contributed by atoms with Crippen molar-refractivity contribution in [3.63, 3.8) is 0 Å². The molecule has 0 radical (unpaired) electrons. The summed E-state index contributed by atoms with van der Waals surface area (Å²) in [6.45, 7) is 3.74. The maximum absolute atomic E-state index is 11.8. The van der Waals surface area contributed by atoms with E-state index in [4.69, 9.17) is 5.11 Å². The Morgan fingerprint density at radius 1 is 1.41 bits per heavy atom. The average Bonchev–Trinajstić information content (AvgIpc) is 2.77. The van der Waals surface area contributed by atoms with Gasteiger partial charge < -0.3 is 15.3 Å². The Balaban J connectivity index is 2.35. The van der Waals surface area contributed by atoms with Crippen LogP contribution in [0.5, 0.6) is 0 Å². The summed E-state index contributed by atoms with van der Waals surface area (Å²) in [7, 11) is 0. The number of amides is 1. The molecule has 5 heteroatoms. The van der Waals surface area contributed by atoms with Gasteiger partial charge in [0.05, 0.1) is 6.54 Å². The molecular formula is C12H20N2O3. The van der Waals surface area contributed by atoms with Crippen molar-refractivity contribution in [2.75, 3.05) is 19.6 Å². The fraction of sp³-hybridized carbons (Fsp3) is 0.667. The molecule has 1 aliphatic rings. The van der Waals surface area contributed by atoms with Gasteiger partial charge in [0.25, 0.3) is 0 Å². The van der Waals surface area contributed by atoms with Crippen molar-refractivity contribution in [1.82, 2.24) is 10.2 Å². The lowest BCUT2D eigenvalue weighted by molar-refractivity contribution is -0.143. The number of rotatable bonds is 7. The Bertz CT molecular complexity index is 285. The number of carboxylic acid groups (broad SMARTS) is 1. The number of hydrogen-bond acceptors (Lipinski definition) is 3. The van der Waals surface area contributed by atoms with Gasteiger partial charge in [-0.25, -0.2) is 0 Å². The van der Waals surface area contributed by atoms with Crippen LogP contribution in [0.2, 0.25) is 0 Å². The monoisotopic (exact) mass is 240 g/mol. The van der Waals surface area contributed by atoms with Crippen LogP contribution in [0.4, 0.5) is 0 Å². The van der Waals surface area contributed by atoms with Gasteiger partial charge in [-0.1, -0.05) is 18.9 Å². The van der Waals surface area contributed by atoms with Gasteiger partial charge in [0.1, 0.15) is 6.54 Å². The highest BCUT2D eigenvalue weighted by atomic mass is 16.4. The molecule has 5 nitrogen and oxygen atoms in total. The highest BCUT2D eigenvalue weighted by Gasteiger charge is 2.19. The predicted molar refractivity (Wildman–Crippen MR) is 64.7 cm³/mol. The second kappa shape index (κ2) is 7.06. The highest BCUT2D eigenvalue weighted by molar-refractivity contribution is 5.82. The number of nitrogens with zero attached hydrogens (tertiary/aromatic N) is 1. The van der Waals surface area contributed by atoms with Gasteiger partial charge in [-0.2, -0.15) is 0 Å². The third kappa shape index (κ3) is 4.99. The number of carbonyl (C=O) groups excluding carboxylic acids is 1. The molecule has 0 aliphatic heterocycles. The standard InChI is InChI=1S/C12H20N2O3/c1-2-7-14(9-12(16)17)11(15)8-13-10-5-3-4-6-10/h2,10,13H,1,3-9H2,(H,16,17). The normalized spacial score (nSPS) is 15.8. The van der Waals surface area contributed by atoms with Crippen molar-refractivity contribution in [3.05, 3.63) is 12.7 Å². The molecule has 0 bridgehead atoms. The number of nitrogens with one attached hydrogen (secondary N) is 1. The summed E-state index contributed by atoms with van der Waals surface area (Å²) in [5.74, 6) is -1.18. The maximum Gasteiger partial charge on any atom is 0.323 e. The van der Waals surface area contributed by atoms with Crippen LogP contribution in [-0.2, 0) is 9.59 Å². The minimum Gasteiger partial charge on any atom is -0.480 e. The zero-order valence-corrected chi connectivity index (χ0v) is 10.0. The molecule has 0 aromatic rings. The first kappa shape index (κ1) is 13.7. The van der Waals surface area contributed by atoms with Crippen molar-refractivity contribution in [3.8, 4) is 0 Å². The minimum atomic E-state index is -0.999. The highest BCUT2D eigenvalue weighted by Crippen LogP contribution is 2.17. The minimum absolute atomic E-state index is 0.181. The molecule has 0 atom stereocenters. The van der Waals surface area contributed by atoms with Crippen molar-refractivity contribution >= 4 is 11.9 Å². The fourth-order valence-corrected chi connectivity index (χ4v) is 2.05. The Labute approximate surface area is 101 Å². The zero-order chi connectivity index (χ0) is 12.7. The van der Waals surface area contributed by atoms with E-state index in [-0.39, 0.29) is 25.5 Å². The van der Waals surface area contributed by atoms with E-state index in [1.165, 1.54) is 23.8 Å². The lowest BCUT2D eigenvalue weighted by Crippen LogP contribution is -2.43. The molecule has 1 aliphatic carbocycles. The quantitative estimate of drug-likeness (QED) is 0.640. The van der Waals surface area contributed by atoms with Crippen molar-refractivity contribution in [1.29, 1.82) is 0 Å². The first-order valence-corrected chi connectivity index (χ1v) is 5.97. The van der Waals surface area contributed by atoms with Crippen molar-refractivity contribution in [2.24, 2.45) is 0 Å². The molecule has 17 heavy (non-hydrogen) atoms. The summed E-state index contributed by atoms with van der Waals surface area (Å²) in [4.78, 5) is 23.7. The van der Waals surface area contributed by atoms with Crippen LogP contribution in [0.1, 0.15) is 25.7 Å². The molecule has 96 valence electrons. The van der Waals surface area contributed by atoms with E-state index >= 15 is 0 Å². The molecule has 0 saturated heterocycles. The summed E-state index contributed by atoms with van der Waals surface area (Å²) in [5.41, 5.74) is 0. The lowest BCUT2D eigenvalue weighted by atomic mass is 10.2. The largest absolute Gasteiger partial charge is 0.480 e. The first-order chi connectivity index (χ1) is 8.13. The number of carboxylic acids is 1. The smallest absolute Gasteiger partial charge is 0.323 e. The van der Waals surface area contributed by atoms with Gasteiger partial charge in [0.2, 0.25) is 5.91 Å². The van der Waals surface area contributed by atoms with Crippen molar-refractivity contribution < 1.29 is 14.7 Å². The van der Waals surface area contributed by atoms with Gasteiger partial charge >= 0.3 is 5.97 Å². The number of aliphatic carboxylic acids is 1. The van der Waals surface area contributed by atoms with Crippen LogP contribution in [-0.4, -0.2) is 47.6 Å². The van der Waals surface area contributed by atoms with Gasteiger partial charge in [-0.3, -0.25) is 9.59 Å². The van der Waals surface area contributed by atoms with Crippen LogP contribution in [0.25, 0.3) is 0 Å². The Morgan fingerprint density at radius 3 is 2.59 bits per heavy atom. The van der Waals surface area contributed by atoms with Gasteiger partial charge in [0.15, 0.2) is 0 Å². The molecule has 1 amide bonds. The Morgan fingerprint density at radius 2 is 2.06 bits per heavy atom. The molecule has 0 spiro atoms. The van der Waals surface area contributed by atoms with E-state index in [1.54, 1.807) is 0 Å². The van der Waals surface area contributed by atoms with E-state index in [9.17, 15) is 9.59 Å². The number of hydrogen-bond donors (Lipinski definition) is 2. The summed E-state index contributed by atoms with van der Waals surface area (Å²) in [6.07, 6.45) is 6.16. The number of carbonyl (C=O) groups is 2. The molecule has 0 unspecified atom stereocenters. The van der Waals surface area contributed by atoms with E-state index in [1.807, 2.05) is 0 Å². The third-order valence-electron chi connectivity index (χ3n) is 2.93. The molecular weight excluding hydrogens is 220 g/mol. The van der Waals surface area contributed by atoms with Gasteiger partial charge in [-0.15, -0.1) is 6.58 Å². The lowest BCUT2D eigenvalue weighted by Gasteiger charge is -2.20. The second-order valence-corrected chi connectivity index (χ2v) is 4.32. The van der Waals surface area contributed by atoms with Gasteiger partial charge in [0, 0.05) is 12.6 Å². The predicted octanol–water partition coefficient (Wildman–Crippen LogP) is 0.618. The maximum atomic E-state index is 11.8. The summed E-state index contributed by atoms with van der Waals surface area (Å²) < 4.78 is 0. The van der Waals surface area contributed by atoms with E-state index < -0.39 is 5.97 Å². The zero-order valence-electron chi connectivity index (χ0n) is 10.0. The summed E-state index contributed by atoms with van der Waals surface area (Å²) >= 11 is 0. The van der Waals surface area contributed by atoms with Crippen LogP contribution in [0, 0.1) is 0 Å². The van der Waals surface area contributed by atoms with Crippen LogP contribution in [0.15, 0.2) is 12.7 Å². The van der Waals surface area contributed by atoms with E-state index in [0.29, 0.717) is 6.04 Å². The topological polar surface area (TPSA) is 69.6 Å². The first-order valence-electron chi connectivity index (χ1n) is 5.97. The fourth-order valence-electron chi connectivity index (χ4n) is 2.05. The van der Waals surface area contributed by atoms with Crippen molar-refractivity contribution in [2.45, 2.75) is 31.7 Å². The molecule has 1 fully saturated rings. The average molecular weight is 240 g/mol. The van der Waals surface area contributed by atoms with Crippen LogP contribution >= 0.6 is 0 Å². The second-order valence-electron chi connectivity index (χ2n) is 4.32. The molecule has 2 N–H and O–H groups in total. The molecule has 0 heterocycles. The summed E-state index contributed by atoms with van der Waals surface area (Å²) in [6, 6.07) is 0.411. The molecule has 1 saturated carbocycles. The van der Waals surface area contributed by atoms with Crippen LogP contribution < -0.4 is 5.32 Å². The molecule has 0 aromatic carbocycles. The molecule has 0 aromatic heterocycles. The third-order valence-corrected chi connectivity index (χ3v) is 2.93. The Hall–Kier alpha value is -1.36. The summed E-state index contributed by atoms with van der Waals surface area (Å²) in [5, 5.41) is 11.9. The van der Waals surface area contributed by atoms with Gasteiger partial charge in [-0.05, 0) is 12.8 Å². The van der Waals surface area contributed by atoms with E-state index in [2.05, 4.69) is 11.9 Å². The van der Waals surface area contributed by atoms with Crippen LogP contribution in [0.3, 0.4) is 0 Å². The molecule has 1 rings (SSSR count). The van der Waals surface area contributed by atoms with E-state index in [0.717, 1.165) is 12.8 Å².